The third-order valence-electron chi connectivity index (χ3n) is 5.71. The van der Waals surface area contributed by atoms with E-state index in [1.54, 1.807) is 14.2 Å². The fraction of sp³-hybridized carbons (Fsp3) is 0.409. The number of amidine groups is 1. The summed E-state index contributed by atoms with van der Waals surface area (Å²) in [5.74, 6) is 2.66. The summed E-state index contributed by atoms with van der Waals surface area (Å²) >= 11 is 3.49. The third kappa shape index (κ3) is 3.29. The molecule has 2 aliphatic heterocycles. The molecule has 0 aliphatic carbocycles. The number of rotatable bonds is 4. The number of aliphatic hydroxyl groups is 1. The molecule has 1 atom stereocenters. The normalized spacial score (nSPS) is 22.1. The van der Waals surface area contributed by atoms with Gasteiger partial charge >= 0.3 is 0 Å². The van der Waals surface area contributed by atoms with Gasteiger partial charge in [-0.1, -0.05) is 28.1 Å². The van der Waals surface area contributed by atoms with Gasteiger partial charge in [-0.25, -0.2) is 9.48 Å². The Bertz CT molecular complexity index is 897. The molecule has 0 radical (unpaired) electrons. The lowest BCUT2D eigenvalue weighted by Gasteiger charge is -2.24. The van der Waals surface area contributed by atoms with Crippen LogP contribution in [-0.2, 0) is 5.72 Å². The standard InChI is InChI=1S/C22H26BrN2O3/c1-27-18-11-12-19(20(14-18)28-2)24-15-22(26,16-7-9-17(23)10-8-16)25-13-5-3-4-6-21(24)25/h7-12,14,26H,3-6,13,15H2,1-2H3/q+1. The van der Waals surface area contributed by atoms with Crippen molar-refractivity contribution < 1.29 is 19.2 Å². The second-order valence-electron chi connectivity index (χ2n) is 7.33. The first-order valence-corrected chi connectivity index (χ1v) is 10.5. The van der Waals surface area contributed by atoms with Gasteiger partial charge in [0.2, 0.25) is 0 Å². The highest BCUT2D eigenvalue weighted by molar-refractivity contribution is 9.10. The van der Waals surface area contributed by atoms with Gasteiger partial charge in [0.1, 0.15) is 5.75 Å². The van der Waals surface area contributed by atoms with Crippen LogP contribution >= 0.6 is 15.9 Å². The maximum atomic E-state index is 11.9. The molecule has 5 nitrogen and oxygen atoms in total. The van der Waals surface area contributed by atoms with Gasteiger partial charge in [-0.15, -0.1) is 0 Å². The Hall–Kier alpha value is -2.05. The zero-order valence-electron chi connectivity index (χ0n) is 16.3. The van der Waals surface area contributed by atoms with Crippen molar-refractivity contribution in [3.05, 3.63) is 52.5 Å². The van der Waals surface area contributed by atoms with Crippen molar-refractivity contribution in [3.63, 3.8) is 0 Å². The Morgan fingerprint density at radius 3 is 2.54 bits per heavy atom. The molecule has 0 amide bonds. The molecule has 2 aliphatic rings. The van der Waals surface area contributed by atoms with Gasteiger partial charge in [0.05, 0.1) is 20.8 Å². The van der Waals surface area contributed by atoms with Gasteiger partial charge in [-0.2, -0.15) is 0 Å². The molecule has 0 saturated heterocycles. The molecule has 1 N–H and O–H groups in total. The number of hydrogen-bond donors (Lipinski definition) is 1. The van der Waals surface area contributed by atoms with Crippen molar-refractivity contribution in [2.24, 2.45) is 0 Å². The van der Waals surface area contributed by atoms with Crippen molar-refractivity contribution in [3.8, 4) is 11.5 Å². The Morgan fingerprint density at radius 1 is 1.04 bits per heavy atom. The Labute approximate surface area is 174 Å². The van der Waals surface area contributed by atoms with Crippen LogP contribution in [0.4, 0.5) is 5.69 Å². The molecule has 2 aromatic carbocycles. The first-order valence-electron chi connectivity index (χ1n) is 9.68. The van der Waals surface area contributed by atoms with Gasteiger partial charge in [-0.3, -0.25) is 0 Å². The molecule has 2 aromatic rings. The molecule has 0 spiro atoms. The van der Waals surface area contributed by atoms with Crippen molar-refractivity contribution in [1.82, 2.24) is 0 Å². The maximum Gasteiger partial charge on any atom is 0.271 e. The fourth-order valence-corrected chi connectivity index (χ4v) is 4.53. The minimum atomic E-state index is -1.06. The number of β-amino-alcohol motifs (C(OH)–C–C–N with tert-alkyl or cyclic N) is 1. The second-order valence-corrected chi connectivity index (χ2v) is 8.24. The van der Waals surface area contributed by atoms with Crippen LogP contribution < -0.4 is 14.4 Å². The largest absolute Gasteiger partial charge is 0.497 e. The highest BCUT2D eigenvalue weighted by Crippen LogP contribution is 2.40. The zero-order valence-corrected chi connectivity index (χ0v) is 17.9. The van der Waals surface area contributed by atoms with Crippen LogP contribution in [0.1, 0.15) is 31.2 Å². The lowest BCUT2D eigenvalue weighted by Crippen LogP contribution is -2.41. The molecule has 28 heavy (non-hydrogen) atoms. The van der Waals surface area contributed by atoms with Crippen molar-refractivity contribution in [1.29, 1.82) is 0 Å². The molecule has 148 valence electrons. The number of ether oxygens (including phenoxy) is 2. The highest BCUT2D eigenvalue weighted by atomic mass is 79.9. The molecular weight excluding hydrogens is 420 g/mol. The van der Waals surface area contributed by atoms with E-state index < -0.39 is 5.72 Å². The van der Waals surface area contributed by atoms with Crippen molar-refractivity contribution in [2.45, 2.75) is 31.4 Å². The van der Waals surface area contributed by atoms with Gasteiger partial charge < -0.3 is 14.6 Å². The monoisotopic (exact) mass is 445 g/mol. The first-order chi connectivity index (χ1) is 13.6. The van der Waals surface area contributed by atoms with E-state index >= 15 is 0 Å². The van der Waals surface area contributed by atoms with Crippen molar-refractivity contribution in [2.75, 3.05) is 32.2 Å². The molecule has 0 aromatic heterocycles. The summed E-state index contributed by atoms with van der Waals surface area (Å²) in [6.45, 7) is 1.31. The maximum absolute atomic E-state index is 11.9. The average Bonchev–Trinajstić information content (AvgIpc) is 2.87. The predicted molar refractivity (Wildman–Crippen MR) is 114 cm³/mol. The lowest BCUT2D eigenvalue weighted by atomic mass is 10.0. The Kier molecular flexibility index (Phi) is 5.34. The minimum absolute atomic E-state index is 0.465. The lowest BCUT2D eigenvalue weighted by molar-refractivity contribution is -0.658. The van der Waals surface area contributed by atoms with E-state index in [0.717, 1.165) is 58.9 Å². The zero-order chi connectivity index (χ0) is 19.7. The molecule has 6 heteroatoms. The number of methoxy groups -OCH3 is 2. The molecule has 0 saturated carbocycles. The van der Waals surface area contributed by atoms with E-state index in [0.29, 0.717) is 6.54 Å². The second kappa shape index (κ2) is 7.76. The summed E-state index contributed by atoms with van der Waals surface area (Å²) < 4.78 is 14.2. The van der Waals surface area contributed by atoms with E-state index in [2.05, 4.69) is 25.4 Å². The van der Waals surface area contributed by atoms with Crippen LogP contribution in [0.5, 0.6) is 11.5 Å². The summed E-state index contributed by atoms with van der Waals surface area (Å²) in [6.07, 6.45) is 4.31. The number of hydrogen-bond acceptors (Lipinski definition) is 4. The van der Waals surface area contributed by atoms with E-state index in [9.17, 15) is 5.11 Å². The van der Waals surface area contributed by atoms with Crippen LogP contribution in [0.3, 0.4) is 0 Å². The molecule has 0 fully saturated rings. The van der Waals surface area contributed by atoms with Crippen LogP contribution in [0, 0.1) is 0 Å². The molecular formula is C22H26BrN2O3+. The van der Waals surface area contributed by atoms with E-state index in [4.69, 9.17) is 9.47 Å². The Morgan fingerprint density at radius 2 is 1.82 bits per heavy atom. The number of benzene rings is 2. The predicted octanol–water partition coefficient (Wildman–Crippen LogP) is 4.12. The van der Waals surface area contributed by atoms with Crippen LogP contribution in [-0.4, -0.2) is 42.8 Å². The van der Waals surface area contributed by atoms with Gasteiger partial charge in [0.25, 0.3) is 11.6 Å². The number of nitrogens with zero attached hydrogens (tertiary/aromatic N) is 2. The molecule has 2 heterocycles. The minimum Gasteiger partial charge on any atom is -0.497 e. The summed E-state index contributed by atoms with van der Waals surface area (Å²) in [6, 6.07) is 13.8. The first kappa shape index (κ1) is 19.3. The molecule has 1 unspecified atom stereocenters. The summed E-state index contributed by atoms with van der Waals surface area (Å²) in [4.78, 5) is 2.21. The van der Waals surface area contributed by atoms with E-state index in [1.807, 2.05) is 42.5 Å². The van der Waals surface area contributed by atoms with Gasteiger partial charge in [-0.05, 0) is 43.5 Å². The molecule has 4 rings (SSSR count). The average molecular weight is 446 g/mol. The van der Waals surface area contributed by atoms with Crippen LogP contribution in [0.15, 0.2) is 46.9 Å². The van der Waals surface area contributed by atoms with Gasteiger partial charge in [0, 0.05) is 22.5 Å². The third-order valence-corrected chi connectivity index (χ3v) is 6.24. The topological polar surface area (TPSA) is 44.9 Å². The quantitative estimate of drug-likeness (QED) is 0.718. The smallest absolute Gasteiger partial charge is 0.271 e. The SMILES string of the molecule is COc1ccc(N2CC(O)(c3ccc(Br)cc3)[N+]3=C2CCCCC3)c(OC)c1. The van der Waals surface area contributed by atoms with Crippen LogP contribution in [0.25, 0.3) is 0 Å². The number of anilines is 1. The van der Waals surface area contributed by atoms with E-state index in [-0.39, 0.29) is 0 Å². The molecule has 0 bridgehead atoms. The van der Waals surface area contributed by atoms with E-state index in [1.165, 1.54) is 6.42 Å². The highest BCUT2D eigenvalue weighted by Gasteiger charge is 2.52. The Balaban J connectivity index is 1.82. The van der Waals surface area contributed by atoms with Gasteiger partial charge in [0.15, 0.2) is 18.0 Å². The summed E-state index contributed by atoms with van der Waals surface area (Å²) in [7, 11) is 3.32. The summed E-state index contributed by atoms with van der Waals surface area (Å²) in [5, 5.41) is 11.9. The van der Waals surface area contributed by atoms with Crippen LogP contribution in [0.2, 0.25) is 0 Å². The summed E-state index contributed by atoms with van der Waals surface area (Å²) in [5.41, 5.74) is 0.800. The fourth-order valence-electron chi connectivity index (χ4n) is 4.27. The number of halogens is 1. The van der Waals surface area contributed by atoms with Crippen molar-refractivity contribution >= 4 is 27.5 Å².